The van der Waals surface area contributed by atoms with Gasteiger partial charge in [0.2, 0.25) is 0 Å². The zero-order valence-electron chi connectivity index (χ0n) is 9.94. The second-order valence-electron chi connectivity index (χ2n) is 4.64. The molecule has 0 bridgehead atoms. The maximum atomic E-state index is 11.5. The van der Waals surface area contributed by atoms with E-state index in [0.717, 1.165) is 24.1 Å². The van der Waals surface area contributed by atoms with E-state index in [0.29, 0.717) is 11.4 Å². The highest BCUT2D eigenvalue weighted by atomic mass is 32.2. The first-order valence-electron chi connectivity index (χ1n) is 5.80. The molecule has 1 atom stereocenters. The summed E-state index contributed by atoms with van der Waals surface area (Å²) < 4.78 is 23.1. The summed E-state index contributed by atoms with van der Waals surface area (Å²) in [5.74, 6) is 0.523. The van der Waals surface area contributed by atoms with Gasteiger partial charge in [0.1, 0.15) is 0 Å². The smallest absolute Gasteiger partial charge is 0.152 e. The van der Waals surface area contributed by atoms with Crippen molar-refractivity contribution in [2.45, 2.75) is 25.8 Å². The molecule has 0 saturated carbocycles. The summed E-state index contributed by atoms with van der Waals surface area (Å²) in [5, 5.41) is 3.27. The number of hydrogen-bond acceptors (Lipinski definition) is 4. The Bertz CT molecular complexity index is 491. The maximum absolute atomic E-state index is 11.5. The lowest BCUT2D eigenvalue weighted by molar-refractivity contribution is 0.562. The lowest BCUT2D eigenvalue weighted by atomic mass is 10.1. The zero-order valence-corrected chi connectivity index (χ0v) is 10.8. The van der Waals surface area contributed by atoms with Crippen LogP contribution in [0.15, 0.2) is 18.2 Å². The second-order valence-corrected chi connectivity index (χ2v) is 6.87. The van der Waals surface area contributed by atoms with Crippen LogP contribution in [-0.2, 0) is 9.84 Å². The minimum absolute atomic E-state index is 0.0165. The number of hydrogen-bond donors (Lipinski definition) is 2. The average molecular weight is 254 g/mol. The normalized spacial score (nSPS) is 23.2. The molecule has 0 aromatic heterocycles. The highest BCUT2D eigenvalue weighted by molar-refractivity contribution is 7.91. The lowest BCUT2D eigenvalue weighted by Gasteiger charge is -2.25. The molecule has 1 aromatic rings. The average Bonchev–Trinajstić information content (AvgIpc) is 2.22. The Hall–Kier alpha value is -1.23. The Morgan fingerprint density at radius 2 is 2.18 bits per heavy atom. The van der Waals surface area contributed by atoms with E-state index in [-0.39, 0.29) is 11.8 Å². The third kappa shape index (κ3) is 2.91. The molecule has 1 aliphatic rings. The molecule has 5 heteroatoms. The molecule has 2 rings (SSSR count). The number of nitrogens with two attached hydrogens (primary N) is 1. The molecule has 1 heterocycles. The molecule has 3 N–H and O–H groups in total. The molecule has 1 fully saturated rings. The van der Waals surface area contributed by atoms with Gasteiger partial charge in [-0.3, -0.25) is 0 Å². The van der Waals surface area contributed by atoms with Crippen molar-refractivity contribution in [1.82, 2.24) is 0 Å². The Balaban J connectivity index is 2.16. The maximum Gasteiger partial charge on any atom is 0.152 e. The van der Waals surface area contributed by atoms with E-state index < -0.39 is 9.84 Å². The highest BCUT2D eigenvalue weighted by Gasteiger charge is 2.25. The van der Waals surface area contributed by atoms with E-state index in [9.17, 15) is 8.42 Å². The molecule has 0 aliphatic carbocycles. The predicted molar refractivity (Wildman–Crippen MR) is 70.9 cm³/mol. The van der Waals surface area contributed by atoms with Crippen molar-refractivity contribution in [3.63, 3.8) is 0 Å². The summed E-state index contributed by atoms with van der Waals surface area (Å²) in [6, 6.07) is 5.67. The second kappa shape index (κ2) is 4.56. The van der Waals surface area contributed by atoms with Crippen LogP contribution < -0.4 is 11.1 Å². The molecule has 94 valence electrons. The van der Waals surface area contributed by atoms with E-state index in [1.807, 2.05) is 25.1 Å². The summed E-state index contributed by atoms with van der Waals surface area (Å²) >= 11 is 0. The van der Waals surface area contributed by atoms with Crippen LogP contribution in [-0.4, -0.2) is 26.0 Å². The molecular formula is C12H18N2O2S. The first-order chi connectivity index (χ1) is 7.98. The van der Waals surface area contributed by atoms with Crippen LogP contribution in [0.4, 0.5) is 11.4 Å². The van der Waals surface area contributed by atoms with Gasteiger partial charge >= 0.3 is 0 Å². The standard InChI is InChI=1S/C12H18N2O2S/c1-9-4-2-6-11(13)12(9)14-10-5-3-7-17(15,16)8-10/h2,4,6,10,14H,3,5,7-8,13H2,1H3. The van der Waals surface area contributed by atoms with Crippen molar-refractivity contribution >= 4 is 21.2 Å². The third-order valence-corrected chi connectivity index (χ3v) is 4.94. The molecule has 17 heavy (non-hydrogen) atoms. The predicted octanol–water partition coefficient (Wildman–Crippen LogP) is 1.57. The topological polar surface area (TPSA) is 72.2 Å². The van der Waals surface area contributed by atoms with Gasteiger partial charge in [-0.25, -0.2) is 8.42 Å². The largest absolute Gasteiger partial charge is 0.397 e. The number of sulfone groups is 1. The molecule has 1 saturated heterocycles. The van der Waals surface area contributed by atoms with Gasteiger partial charge in [0.25, 0.3) is 0 Å². The van der Waals surface area contributed by atoms with Crippen LogP contribution in [0.2, 0.25) is 0 Å². The first-order valence-corrected chi connectivity index (χ1v) is 7.62. The monoisotopic (exact) mass is 254 g/mol. The van der Waals surface area contributed by atoms with E-state index in [1.54, 1.807) is 0 Å². The van der Waals surface area contributed by atoms with Crippen LogP contribution in [0, 0.1) is 6.92 Å². The minimum Gasteiger partial charge on any atom is -0.397 e. The number of para-hydroxylation sites is 1. The fourth-order valence-corrected chi connectivity index (χ4v) is 3.86. The van der Waals surface area contributed by atoms with Gasteiger partial charge in [0, 0.05) is 6.04 Å². The summed E-state index contributed by atoms with van der Waals surface area (Å²) in [5.41, 5.74) is 8.49. The van der Waals surface area contributed by atoms with Crippen LogP contribution >= 0.6 is 0 Å². The minimum atomic E-state index is -2.88. The van der Waals surface area contributed by atoms with Crippen molar-refractivity contribution in [2.24, 2.45) is 0 Å². The Morgan fingerprint density at radius 3 is 2.82 bits per heavy atom. The number of benzene rings is 1. The van der Waals surface area contributed by atoms with E-state index in [2.05, 4.69) is 5.32 Å². The Morgan fingerprint density at radius 1 is 1.41 bits per heavy atom. The fraction of sp³-hybridized carbons (Fsp3) is 0.500. The summed E-state index contributed by atoms with van der Waals surface area (Å²) in [7, 11) is -2.88. The number of nitrogen functional groups attached to an aromatic ring is 1. The summed E-state index contributed by atoms with van der Waals surface area (Å²) in [6.07, 6.45) is 1.61. The molecule has 1 aromatic carbocycles. The molecule has 1 aliphatic heterocycles. The highest BCUT2D eigenvalue weighted by Crippen LogP contribution is 2.25. The molecular weight excluding hydrogens is 236 g/mol. The van der Waals surface area contributed by atoms with Crippen molar-refractivity contribution in [3.05, 3.63) is 23.8 Å². The van der Waals surface area contributed by atoms with Gasteiger partial charge in [-0.2, -0.15) is 0 Å². The number of nitrogens with one attached hydrogen (secondary N) is 1. The third-order valence-electron chi connectivity index (χ3n) is 3.12. The number of aryl methyl sites for hydroxylation is 1. The zero-order chi connectivity index (χ0) is 12.5. The van der Waals surface area contributed by atoms with Gasteiger partial charge in [-0.15, -0.1) is 0 Å². The molecule has 0 spiro atoms. The fourth-order valence-electron chi connectivity index (χ4n) is 2.23. The van der Waals surface area contributed by atoms with Gasteiger partial charge in [-0.1, -0.05) is 12.1 Å². The van der Waals surface area contributed by atoms with Crippen molar-refractivity contribution in [3.8, 4) is 0 Å². The van der Waals surface area contributed by atoms with Crippen molar-refractivity contribution in [2.75, 3.05) is 22.6 Å². The number of rotatable bonds is 2. The van der Waals surface area contributed by atoms with Crippen LogP contribution in [0.3, 0.4) is 0 Å². The van der Waals surface area contributed by atoms with Gasteiger partial charge in [-0.05, 0) is 31.4 Å². The van der Waals surface area contributed by atoms with E-state index in [1.165, 1.54) is 0 Å². The van der Waals surface area contributed by atoms with Crippen LogP contribution in [0.5, 0.6) is 0 Å². The quantitative estimate of drug-likeness (QED) is 0.786. The molecule has 4 nitrogen and oxygen atoms in total. The molecule has 0 amide bonds. The van der Waals surface area contributed by atoms with Gasteiger partial charge in [0.05, 0.1) is 22.9 Å². The molecule has 0 radical (unpaired) electrons. The van der Waals surface area contributed by atoms with Gasteiger partial charge < -0.3 is 11.1 Å². The van der Waals surface area contributed by atoms with Crippen LogP contribution in [0.25, 0.3) is 0 Å². The van der Waals surface area contributed by atoms with E-state index >= 15 is 0 Å². The summed E-state index contributed by atoms with van der Waals surface area (Å²) in [4.78, 5) is 0. The molecule has 1 unspecified atom stereocenters. The van der Waals surface area contributed by atoms with E-state index in [4.69, 9.17) is 5.73 Å². The lowest BCUT2D eigenvalue weighted by Crippen LogP contribution is -2.35. The van der Waals surface area contributed by atoms with Crippen molar-refractivity contribution < 1.29 is 8.42 Å². The van der Waals surface area contributed by atoms with Crippen molar-refractivity contribution in [1.29, 1.82) is 0 Å². The summed E-state index contributed by atoms with van der Waals surface area (Å²) in [6.45, 7) is 1.97. The Kier molecular flexibility index (Phi) is 3.28. The Labute approximate surface area is 102 Å². The number of anilines is 2. The van der Waals surface area contributed by atoms with Crippen LogP contribution in [0.1, 0.15) is 18.4 Å². The SMILES string of the molecule is Cc1cccc(N)c1NC1CCCS(=O)(=O)C1. The first kappa shape index (κ1) is 12.2. The van der Waals surface area contributed by atoms with Gasteiger partial charge in [0.15, 0.2) is 9.84 Å².